The highest BCUT2D eigenvalue weighted by Gasteiger charge is 2.30. The topological polar surface area (TPSA) is 209 Å². The molecule has 1 atom stereocenters. The Hall–Kier alpha value is -8.14. The van der Waals surface area contributed by atoms with Crippen LogP contribution in [0.5, 0.6) is 0 Å². The Kier molecular flexibility index (Phi) is 12.7. The van der Waals surface area contributed by atoms with Crippen molar-refractivity contribution < 1.29 is 28.8 Å². The molecule has 6 aliphatic rings. The van der Waals surface area contributed by atoms with Crippen LogP contribution in [0.25, 0.3) is 0 Å². The Morgan fingerprint density at radius 3 is 1.77 bits per heavy atom. The molecule has 4 N–H and O–H groups in total. The minimum absolute atomic E-state index is 0.00871. The van der Waals surface area contributed by atoms with Crippen molar-refractivity contribution in [1.82, 2.24) is 19.9 Å². The van der Waals surface area contributed by atoms with Gasteiger partial charge in [-0.1, -0.05) is 48.5 Å². The van der Waals surface area contributed by atoms with Crippen LogP contribution in [0.1, 0.15) is 104 Å². The van der Waals surface area contributed by atoms with E-state index in [2.05, 4.69) is 59.4 Å². The van der Waals surface area contributed by atoms with Crippen molar-refractivity contribution in [1.29, 1.82) is 0 Å². The predicted molar refractivity (Wildman–Crippen MR) is 260 cm³/mol. The molecule has 2 aromatic carbocycles. The van der Waals surface area contributed by atoms with Crippen molar-refractivity contribution in [2.45, 2.75) is 83.0 Å². The molecule has 0 radical (unpaired) electrons. The van der Waals surface area contributed by atoms with Crippen LogP contribution < -0.4 is 31.1 Å². The number of aryl methyl sites for hydroxylation is 5. The van der Waals surface area contributed by atoms with E-state index in [0.29, 0.717) is 79.3 Å². The Balaban J connectivity index is 0.000000120. The lowest BCUT2D eigenvalue weighted by atomic mass is 9.82. The van der Waals surface area contributed by atoms with Crippen LogP contribution in [0, 0.1) is 0 Å². The molecule has 0 saturated heterocycles. The van der Waals surface area contributed by atoms with Crippen molar-refractivity contribution in [3.63, 3.8) is 0 Å². The maximum absolute atomic E-state index is 12.9. The van der Waals surface area contributed by atoms with E-state index in [0.717, 1.165) is 84.4 Å². The summed E-state index contributed by atoms with van der Waals surface area (Å²) in [6.45, 7) is 1.36. The van der Waals surface area contributed by atoms with Crippen LogP contribution in [0.3, 0.4) is 0 Å². The molecule has 0 spiro atoms. The maximum atomic E-state index is 12.9. The fourth-order valence-electron chi connectivity index (χ4n) is 9.79. The van der Waals surface area contributed by atoms with E-state index in [-0.39, 0.29) is 41.4 Å². The molecule has 0 bridgehead atoms. The molecule has 1 aliphatic carbocycles. The van der Waals surface area contributed by atoms with Gasteiger partial charge in [0.1, 0.15) is 23.3 Å². The van der Waals surface area contributed by atoms with Gasteiger partial charge >= 0.3 is 0 Å². The predicted octanol–water partition coefficient (Wildman–Crippen LogP) is 7.15. The summed E-state index contributed by atoms with van der Waals surface area (Å²) in [5, 5.41) is 11.2. The van der Waals surface area contributed by atoms with Crippen LogP contribution in [0.4, 0.5) is 34.6 Å². The number of carbonyl (C=O) groups is 6. The number of benzene rings is 2. The smallest absolute Gasteiger partial charge is 0.261 e. The number of anilines is 6. The summed E-state index contributed by atoms with van der Waals surface area (Å²) < 4.78 is 0. The molecule has 6 aromatic rings. The van der Waals surface area contributed by atoms with E-state index in [4.69, 9.17) is 0 Å². The standard InChI is InChI=1S/C19H19N3O2.C18H17N3O2.C16H14N4O2/c23-17-9-8-13-10-14(11-20-18(13)22-17)21-19(24)16-7-3-5-12-4-1-2-6-15(12)16;22-16-8-7-13-10-14(11-19-17(13)20-16)18(23)21-9-3-5-12-4-1-2-6-15(12)21;21-13-4-3-11-8-12(9-18-14(11)19-13)16(22)20-7-5-10-2-1-6-17-15(10)20/h1-2,4,6,10-11,16H,3,5,7-9H2,(H,21,24)(H,20,22,23);1-2,4,6,10-11H,3,5,7-9H2,(H,19,20,22);1-2,6,8-9H,3-5,7H2,(H,18,19,21). The van der Waals surface area contributed by atoms with Gasteiger partial charge in [0.25, 0.3) is 11.8 Å². The number of fused-ring (bicyclic) bond motifs is 6. The number of para-hydroxylation sites is 1. The number of pyridine rings is 4. The van der Waals surface area contributed by atoms with E-state index in [1.807, 2.05) is 65.6 Å². The summed E-state index contributed by atoms with van der Waals surface area (Å²) in [7, 11) is 0. The first-order valence-electron chi connectivity index (χ1n) is 23.6. The molecule has 5 aliphatic heterocycles. The normalized spacial score (nSPS) is 17.2. The second kappa shape index (κ2) is 19.6. The molecule has 1 unspecified atom stereocenters. The average Bonchev–Trinajstić information content (AvgIpc) is 3.82. The van der Waals surface area contributed by atoms with Crippen molar-refractivity contribution in [3.8, 4) is 0 Å². The number of nitrogens with zero attached hydrogens (tertiary/aromatic N) is 6. The molecular weight excluding hydrogens is 873 g/mol. The molecule has 16 nitrogen and oxygen atoms in total. The van der Waals surface area contributed by atoms with Gasteiger partial charge in [-0.05, 0) is 127 Å². The number of hydrogen-bond acceptors (Lipinski definition) is 10. The largest absolute Gasteiger partial charge is 0.324 e. The highest BCUT2D eigenvalue weighted by Crippen LogP contribution is 2.34. The molecular formula is C53H50N10O6. The van der Waals surface area contributed by atoms with Crippen molar-refractivity contribution >= 4 is 70.1 Å². The minimum atomic E-state index is -0.106. The number of carbonyl (C=O) groups excluding carboxylic acids is 6. The van der Waals surface area contributed by atoms with E-state index in [1.165, 1.54) is 17.3 Å². The second-order valence-corrected chi connectivity index (χ2v) is 17.9. The van der Waals surface area contributed by atoms with Crippen molar-refractivity contribution in [2.75, 3.05) is 44.2 Å². The summed E-state index contributed by atoms with van der Waals surface area (Å²) in [6, 6.07) is 25.7. The van der Waals surface area contributed by atoms with E-state index >= 15 is 0 Å². The Labute approximate surface area is 398 Å². The zero-order valence-corrected chi connectivity index (χ0v) is 37.9. The number of amides is 6. The Morgan fingerprint density at radius 2 is 1.09 bits per heavy atom. The first-order chi connectivity index (χ1) is 33.6. The highest BCUT2D eigenvalue weighted by molar-refractivity contribution is 6.08. The van der Waals surface area contributed by atoms with Crippen LogP contribution in [-0.2, 0) is 57.7 Å². The zero-order chi connectivity index (χ0) is 47.4. The fraction of sp³-hybridized carbons (Fsp3) is 0.283. The zero-order valence-electron chi connectivity index (χ0n) is 37.9. The summed E-state index contributed by atoms with van der Waals surface area (Å²) >= 11 is 0. The Bertz CT molecular complexity index is 3050. The first kappa shape index (κ1) is 44.7. The SMILES string of the molecule is O=C1CCc2cc(C(=O)N3CCCc4ccccc43)cnc2N1.O=C1CCc2cc(C(=O)N3CCc4cccnc43)cnc2N1.O=C1CCc2cc(NC(=O)C3CCCc4ccccc43)cnc2N1. The van der Waals surface area contributed by atoms with E-state index < -0.39 is 0 Å². The number of aromatic nitrogens is 4. The van der Waals surface area contributed by atoms with Gasteiger partial charge < -0.3 is 26.2 Å². The van der Waals surface area contributed by atoms with Crippen LogP contribution >= 0.6 is 0 Å². The highest BCUT2D eigenvalue weighted by atomic mass is 16.2. The van der Waals surface area contributed by atoms with Gasteiger partial charge in [0.15, 0.2) is 0 Å². The fourth-order valence-corrected chi connectivity index (χ4v) is 9.79. The molecule has 0 fully saturated rings. The van der Waals surface area contributed by atoms with Gasteiger partial charge in [-0.2, -0.15) is 0 Å². The van der Waals surface area contributed by atoms with Crippen LogP contribution in [0.15, 0.2) is 104 Å². The van der Waals surface area contributed by atoms with Gasteiger partial charge in [-0.15, -0.1) is 0 Å². The molecule has 4 aromatic heterocycles. The molecule has 6 amide bonds. The van der Waals surface area contributed by atoms with Crippen LogP contribution in [-0.4, -0.2) is 68.5 Å². The third kappa shape index (κ3) is 9.68. The minimum Gasteiger partial charge on any atom is -0.324 e. The summed E-state index contributed by atoms with van der Waals surface area (Å²) in [6.07, 6.45) is 15.4. The quantitative estimate of drug-likeness (QED) is 0.140. The average molecular weight is 923 g/mol. The number of hydrogen-bond donors (Lipinski definition) is 4. The van der Waals surface area contributed by atoms with Gasteiger partial charge in [0.05, 0.1) is 28.9 Å². The van der Waals surface area contributed by atoms with Gasteiger partial charge in [0.2, 0.25) is 23.6 Å². The van der Waals surface area contributed by atoms with Gasteiger partial charge in [-0.25, -0.2) is 19.9 Å². The van der Waals surface area contributed by atoms with Crippen molar-refractivity contribution in [3.05, 3.63) is 154 Å². The first-order valence-corrected chi connectivity index (χ1v) is 23.6. The molecule has 12 rings (SSSR count). The molecule has 0 saturated carbocycles. The van der Waals surface area contributed by atoms with E-state index in [1.54, 1.807) is 23.5 Å². The lowest BCUT2D eigenvalue weighted by molar-refractivity contribution is -0.118. The van der Waals surface area contributed by atoms with Crippen LogP contribution in [0.2, 0.25) is 0 Å². The maximum Gasteiger partial charge on any atom is 0.261 e. The molecule has 69 heavy (non-hydrogen) atoms. The third-order valence-electron chi connectivity index (χ3n) is 13.3. The molecule has 9 heterocycles. The third-order valence-corrected chi connectivity index (χ3v) is 13.3. The summed E-state index contributed by atoms with van der Waals surface area (Å²) in [5.41, 5.74) is 10.3. The number of rotatable bonds is 4. The van der Waals surface area contributed by atoms with Crippen molar-refractivity contribution in [2.24, 2.45) is 0 Å². The summed E-state index contributed by atoms with van der Waals surface area (Å²) in [5.74, 6) is 2.22. The Morgan fingerprint density at radius 1 is 0.522 bits per heavy atom. The molecule has 16 heteroatoms. The summed E-state index contributed by atoms with van der Waals surface area (Å²) in [4.78, 5) is 93.1. The lowest BCUT2D eigenvalue weighted by Crippen LogP contribution is -2.35. The monoisotopic (exact) mass is 922 g/mol. The molecule has 348 valence electrons. The van der Waals surface area contributed by atoms with Gasteiger partial charge in [-0.3, -0.25) is 33.7 Å². The lowest BCUT2D eigenvalue weighted by Gasteiger charge is -2.29. The number of nitrogens with one attached hydrogen (secondary N) is 4. The second-order valence-electron chi connectivity index (χ2n) is 17.9. The van der Waals surface area contributed by atoms with Gasteiger partial charge in [0, 0.05) is 56.6 Å². The van der Waals surface area contributed by atoms with E-state index in [9.17, 15) is 28.8 Å².